The number of rotatable bonds is 4. The molecule has 0 radical (unpaired) electrons. The minimum absolute atomic E-state index is 0.149. The number of hydrogen-bond donors (Lipinski definition) is 5. The summed E-state index contributed by atoms with van der Waals surface area (Å²) in [5.74, 6) is 0.873. The predicted octanol–water partition coefficient (Wildman–Crippen LogP) is 2.51. The van der Waals surface area contributed by atoms with Crippen LogP contribution in [0.25, 0.3) is 0 Å². The van der Waals surface area contributed by atoms with Gasteiger partial charge in [-0.2, -0.15) is 4.98 Å². The maximum absolute atomic E-state index is 9.37. The van der Waals surface area contributed by atoms with E-state index < -0.39 is 0 Å². The summed E-state index contributed by atoms with van der Waals surface area (Å²) in [5, 5.41) is 20.8. The summed E-state index contributed by atoms with van der Waals surface area (Å²) < 4.78 is 0. The van der Waals surface area contributed by atoms with Gasteiger partial charge in [-0.15, -0.1) is 0 Å². The molecule has 2 aromatic carbocycles. The van der Waals surface area contributed by atoms with Gasteiger partial charge in [-0.05, 0) is 48.5 Å². The van der Waals surface area contributed by atoms with E-state index in [-0.39, 0.29) is 17.4 Å². The van der Waals surface area contributed by atoms with Crippen molar-refractivity contribution in [2.75, 3.05) is 16.8 Å². The SMILES string of the molecule is N=C(c1ccc(O)cc1)c1cc(Nc2ccnc(N)n2)ccc1N. The molecule has 0 fully saturated rings. The van der Waals surface area contributed by atoms with E-state index in [2.05, 4.69) is 15.3 Å². The van der Waals surface area contributed by atoms with Crippen molar-refractivity contribution in [1.29, 1.82) is 5.41 Å². The molecule has 7 nitrogen and oxygen atoms in total. The largest absolute Gasteiger partial charge is 0.508 e. The lowest BCUT2D eigenvalue weighted by Crippen LogP contribution is -2.06. The number of anilines is 4. The van der Waals surface area contributed by atoms with E-state index in [9.17, 15) is 5.11 Å². The van der Waals surface area contributed by atoms with E-state index in [4.69, 9.17) is 16.9 Å². The van der Waals surface area contributed by atoms with Crippen molar-refractivity contribution < 1.29 is 5.11 Å². The van der Waals surface area contributed by atoms with E-state index in [1.165, 1.54) is 12.1 Å². The number of phenolic OH excluding ortho intramolecular Hbond substituents is 1. The van der Waals surface area contributed by atoms with Gasteiger partial charge in [0.05, 0.1) is 5.71 Å². The molecule has 3 aromatic rings. The fourth-order valence-corrected chi connectivity index (χ4v) is 2.23. The van der Waals surface area contributed by atoms with Crippen LogP contribution in [0.1, 0.15) is 11.1 Å². The zero-order valence-electron chi connectivity index (χ0n) is 12.7. The summed E-state index contributed by atoms with van der Waals surface area (Å²) in [6.45, 7) is 0. The highest BCUT2D eigenvalue weighted by atomic mass is 16.3. The average molecular weight is 320 g/mol. The molecule has 0 aliphatic rings. The van der Waals surface area contributed by atoms with E-state index >= 15 is 0 Å². The van der Waals surface area contributed by atoms with Crippen LogP contribution in [0.3, 0.4) is 0 Å². The highest BCUT2D eigenvalue weighted by molar-refractivity contribution is 6.14. The highest BCUT2D eigenvalue weighted by Crippen LogP contribution is 2.24. The third kappa shape index (κ3) is 3.25. The van der Waals surface area contributed by atoms with Crippen LogP contribution in [-0.2, 0) is 0 Å². The minimum atomic E-state index is 0.149. The molecule has 1 aromatic heterocycles. The number of hydrogen-bond acceptors (Lipinski definition) is 7. The molecule has 0 aliphatic heterocycles. The molecule has 24 heavy (non-hydrogen) atoms. The maximum atomic E-state index is 9.37. The normalized spacial score (nSPS) is 10.3. The van der Waals surface area contributed by atoms with Gasteiger partial charge < -0.3 is 21.9 Å². The lowest BCUT2D eigenvalue weighted by atomic mass is 10.00. The van der Waals surface area contributed by atoms with Gasteiger partial charge in [-0.3, -0.25) is 5.41 Å². The van der Waals surface area contributed by atoms with Gasteiger partial charge in [-0.25, -0.2) is 4.98 Å². The number of benzene rings is 2. The summed E-state index contributed by atoms with van der Waals surface area (Å²) in [6, 6.07) is 13.4. The molecule has 0 aliphatic carbocycles. The fourth-order valence-electron chi connectivity index (χ4n) is 2.23. The highest BCUT2D eigenvalue weighted by Gasteiger charge is 2.10. The minimum Gasteiger partial charge on any atom is -0.508 e. The second kappa shape index (κ2) is 6.25. The molecule has 0 bridgehead atoms. The van der Waals surface area contributed by atoms with Crippen LogP contribution in [-0.4, -0.2) is 20.8 Å². The predicted molar refractivity (Wildman–Crippen MR) is 94.6 cm³/mol. The van der Waals surface area contributed by atoms with Crippen LogP contribution in [0.2, 0.25) is 0 Å². The van der Waals surface area contributed by atoms with Gasteiger partial charge >= 0.3 is 0 Å². The lowest BCUT2D eigenvalue weighted by molar-refractivity contribution is 0.475. The Morgan fingerprint density at radius 2 is 1.79 bits per heavy atom. The van der Waals surface area contributed by atoms with Crippen molar-refractivity contribution >= 4 is 28.9 Å². The monoisotopic (exact) mass is 320 g/mol. The van der Waals surface area contributed by atoms with Crippen molar-refractivity contribution in [1.82, 2.24) is 9.97 Å². The first-order valence-corrected chi connectivity index (χ1v) is 7.16. The lowest BCUT2D eigenvalue weighted by Gasteiger charge is -2.12. The Bertz CT molecular complexity index is 892. The molecule has 1 heterocycles. The van der Waals surface area contributed by atoms with Gasteiger partial charge in [0.1, 0.15) is 11.6 Å². The fraction of sp³-hybridized carbons (Fsp3) is 0. The molecule has 0 unspecified atom stereocenters. The summed E-state index contributed by atoms with van der Waals surface area (Å²) >= 11 is 0. The Balaban J connectivity index is 1.91. The Labute approximate surface area is 138 Å². The number of nitrogen functional groups attached to an aromatic ring is 2. The first kappa shape index (κ1) is 15.3. The van der Waals surface area contributed by atoms with Gasteiger partial charge in [0, 0.05) is 28.7 Å². The maximum Gasteiger partial charge on any atom is 0.221 e. The van der Waals surface area contributed by atoms with Crippen LogP contribution >= 0.6 is 0 Å². The van der Waals surface area contributed by atoms with Crippen LogP contribution in [0.15, 0.2) is 54.7 Å². The van der Waals surface area contributed by atoms with Gasteiger partial charge in [0.15, 0.2) is 0 Å². The summed E-state index contributed by atoms with van der Waals surface area (Å²) in [6.07, 6.45) is 1.56. The number of nitrogens with two attached hydrogens (primary N) is 2. The first-order chi connectivity index (χ1) is 11.5. The second-order valence-corrected chi connectivity index (χ2v) is 5.15. The van der Waals surface area contributed by atoms with E-state index in [1.807, 2.05) is 0 Å². The number of nitrogens with one attached hydrogen (secondary N) is 2. The van der Waals surface area contributed by atoms with Crippen molar-refractivity contribution in [2.24, 2.45) is 0 Å². The Morgan fingerprint density at radius 1 is 1.04 bits per heavy atom. The van der Waals surface area contributed by atoms with E-state index in [1.54, 1.807) is 42.6 Å². The Morgan fingerprint density at radius 3 is 2.50 bits per heavy atom. The van der Waals surface area contributed by atoms with Crippen molar-refractivity contribution in [3.8, 4) is 5.75 Å². The van der Waals surface area contributed by atoms with Crippen molar-refractivity contribution in [3.63, 3.8) is 0 Å². The zero-order chi connectivity index (χ0) is 17.1. The molecule has 0 saturated carbocycles. The smallest absolute Gasteiger partial charge is 0.221 e. The summed E-state index contributed by atoms with van der Waals surface area (Å²) in [5.41, 5.74) is 14.3. The molecular weight excluding hydrogens is 304 g/mol. The zero-order valence-corrected chi connectivity index (χ0v) is 12.7. The topological polar surface area (TPSA) is 134 Å². The van der Waals surface area contributed by atoms with Gasteiger partial charge in [-0.1, -0.05) is 0 Å². The number of nitrogens with zero attached hydrogens (tertiary/aromatic N) is 2. The number of aromatic hydroxyl groups is 1. The average Bonchev–Trinajstić information content (AvgIpc) is 2.57. The van der Waals surface area contributed by atoms with Gasteiger partial charge in [0.2, 0.25) is 5.95 Å². The molecule has 7 N–H and O–H groups in total. The van der Waals surface area contributed by atoms with E-state index in [0.29, 0.717) is 22.6 Å². The van der Waals surface area contributed by atoms with Gasteiger partial charge in [0.25, 0.3) is 0 Å². The van der Waals surface area contributed by atoms with Crippen molar-refractivity contribution in [2.45, 2.75) is 0 Å². The van der Waals surface area contributed by atoms with Crippen LogP contribution in [0, 0.1) is 5.41 Å². The molecule has 0 atom stereocenters. The first-order valence-electron chi connectivity index (χ1n) is 7.16. The standard InChI is InChI=1S/C17H16N6O/c18-14-6-3-11(22-15-7-8-21-17(20)23-15)9-13(14)16(19)10-1-4-12(24)5-2-10/h1-9,19,24H,18H2,(H3,20,21,22,23). The summed E-state index contributed by atoms with van der Waals surface area (Å²) in [7, 11) is 0. The summed E-state index contributed by atoms with van der Waals surface area (Å²) in [4.78, 5) is 7.92. The molecular formula is C17H16N6O. The molecule has 3 rings (SSSR count). The van der Waals surface area contributed by atoms with Crippen LogP contribution < -0.4 is 16.8 Å². The van der Waals surface area contributed by atoms with E-state index in [0.717, 1.165) is 5.69 Å². The Kier molecular flexibility index (Phi) is 3.98. The Hall–Kier alpha value is -3.61. The van der Waals surface area contributed by atoms with Crippen molar-refractivity contribution in [3.05, 3.63) is 65.9 Å². The number of aromatic nitrogens is 2. The number of phenols is 1. The molecule has 0 spiro atoms. The molecule has 0 saturated heterocycles. The van der Waals surface area contributed by atoms with Crippen LogP contribution in [0.5, 0.6) is 5.75 Å². The quantitative estimate of drug-likeness (QED) is 0.370. The third-order valence-electron chi connectivity index (χ3n) is 3.43. The molecule has 7 heteroatoms. The molecule has 120 valence electrons. The second-order valence-electron chi connectivity index (χ2n) is 5.15. The molecule has 0 amide bonds. The van der Waals surface area contributed by atoms with Crippen LogP contribution in [0.4, 0.5) is 23.1 Å². The third-order valence-corrected chi connectivity index (χ3v) is 3.43.